The average molecular weight is 221 g/mol. The number of hydrogen-bond donors (Lipinski definition) is 1. The molecule has 5 nitrogen and oxygen atoms in total. The quantitative estimate of drug-likeness (QED) is 0.833. The maximum atomic E-state index is 13.9. The fraction of sp³-hybridized carbons (Fsp3) is 0.300. The van der Waals surface area contributed by atoms with Crippen molar-refractivity contribution in [3.63, 3.8) is 0 Å². The van der Waals surface area contributed by atoms with Crippen molar-refractivity contribution >= 4 is 0 Å². The molecule has 0 bridgehead atoms. The number of halogens is 1. The van der Waals surface area contributed by atoms with Crippen LogP contribution in [0.1, 0.15) is 18.4 Å². The van der Waals surface area contributed by atoms with Gasteiger partial charge in [0.15, 0.2) is 11.6 Å². The van der Waals surface area contributed by atoms with Gasteiger partial charge in [-0.15, -0.1) is 0 Å². The van der Waals surface area contributed by atoms with Crippen molar-refractivity contribution in [1.29, 1.82) is 0 Å². The largest absolute Gasteiger partial charge is 0.324 e. The van der Waals surface area contributed by atoms with Gasteiger partial charge >= 0.3 is 0 Å². The third-order valence-electron chi connectivity index (χ3n) is 2.31. The van der Waals surface area contributed by atoms with E-state index in [0.29, 0.717) is 17.9 Å². The number of hydrogen-bond acceptors (Lipinski definition) is 4. The van der Waals surface area contributed by atoms with Crippen LogP contribution in [0, 0.1) is 5.82 Å². The first kappa shape index (κ1) is 10.7. The second-order valence-corrected chi connectivity index (χ2v) is 3.23. The number of nitrogens with zero attached hydrogens (tertiary/aromatic N) is 4. The first-order valence-electron chi connectivity index (χ1n) is 5.00. The topological polar surface area (TPSA) is 69.6 Å². The summed E-state index contributed by atoms with van der Waals surface area (Å²) in [7, 11) is 0. The second kappa shape index (κ2) is 4.36. The highest BCUT2D eigenvalue weighted by Crippen LogP contribution is 2.14. The van der Waals surface area contributed by atoms with Crippen molar-refractivity contribution in [3.8, 4) is 5.82 Å². The summed E-state index contributed by atoms with van der Waals surface area (Å²) in [5, 5.41) is 0. The minimum Gasteiger partial charge on any atom is -0.324 e. The highest BCUT2D eigenvalue weighted by molar-refractivity contribution is 5.28. The number of nitrogens with two attached hydrogens (primary N) is 1. The van der Waals surface area contributed by atoms with Crippen LogP contribution >= 0.6 is 0 Å². The SMILES string of the molecule is CCc1ncnc(-n2ccnc2CN)c1F. The average Bonchev–Trinajstić information content (AvgIpc) is 2.77. The van der Waals surface area contributed by atoms with Gasteiger partial charge in [0.25, 0.3) is 0 Å². The Morgan fingerprint density at radius 3 is 2.88 bits per heavy atom. The van der Waals surface area contributed by atoms with Crippen LogP contribution in [-0.2, 0) is 13.0 Å². The molecule has 0 amide bonds. The summed E-state index contributed by atoms with van der Waals surface area (Å²) in [6.07, 6.45) is 5.06. The van der Waals surface area contributed by atoms with Gasteiger partial charge in [0.2, 0.25) is 0 Å². The molecule has 0 saturated heterocycles. The van der Waals surface area contributed by atoms with Crippen molar-refractivity contribution in [2.45, 2.75) is 19.9 Å². The van der Waals surface area contributed by atoms with Crippen LogP contribution in [0.5, 0.6) is 0 Å². The summed E-state index contributed by atoms with van der Waals surface area (Å²) in [4.78, 5) is 11.8. The molecule has 0 aromatic carbocycles. The molecular weight excluding hydrogens is 209 g/mol. The van der Waals surface area contributed by atoms with Gasteiger partial charge in [-0.05, 0) is 6.42 Å². The zero-order valence-corrected chi connectivity index (χ0v) is 8.89. The van der Waals surface area contributed by atoms with Gasteiger partial charge in [0, 0.05) is 12.4 Å². The molecule has 0 unspecified atom stereocenters. The molecule has 0 fully saturated rings. The zero-order valence-electron chi connectivity index (χ0n) is 8.89. The van der Waals surface area contributed by atoms with Crippen LogP contribution in [0.2, 0.25) is 0 Å². The van der Waals surface area contributed by atoms with E-state index in [9.17, 15) is 4.39 Å². The fourth-order valence-corrected chi connectivity index (χ4v) is 1.49. The van der Waals surface area contributed by atoms with Crippen LogP contribution in [0.15, 0.2) is 18.7 Å². The van der Waals surface area contributed by atoms with E-state index in [1.54, 1.807) is 12.4 Å². The maximum absolute atomic E-state index is 13.9. The molecule has 2 aromatic heterocycles. The third-order valence-corrected chi connectivity index (χ3v) is 2.31. The molecule has 0 radical (unpaired) electrons. The number of rotatable bonds is 3. The van der Waals surface area contributed by atoms with E-state index >= 15 is 0 Å². The van der Waals surface area contributed by atoms with E-state index in [4.69, 9.17) is 5.73 Å². The minimum atomic E-state index is -0.419. The van der Waals surface area contributed by atoms with Crippen molar-refractivity contribution < 1.29 is 4.39 Å². The molecule has 84 valence electrons. The van der Waals surface area contributed by atoms with Gasteiger partial charge in [-0.2, -0.15) is 0 Å². The Kier molecular flexibility index (Phi) is 2.91. The molecule has 0 aliphatic carbocycles. The van der Waals surface area contributed by atoms with Crippen molar-refractivity contribution in [3.05, 3.63) is 36.1 Å². The number of imidazole rings is 1. The molecular formula is C10H12FN5. The van der Waals surface area contributed by atoms with Crippen LogP contribution in [-0.4, -0.2) is 19.5 Å². The van der Waals surface area contributed by atoms with E-state index in [1.807, 2.05) is 6.92 Å². The number of aryl methyl sites for hydroxylation is 1. The third kappa shape index (κ3) is 1.67. The second-order valence-electron chi connectivity index (χ2n) is 3.23. The fourth-order valence-electron chi connectivity index (χ4n) is 1.49. The number of aromatic nitrogens is 4. The molecule has 2 rings (SSSR count). The monoisotopic (exact) mass is 221 g/mol. The summed E-state index contributed by atoms with van der Waals surface area (Å²) >= 11 is 0. The van der Waals surface area contributed by atoms with E-state index in [0.717, 1.165) is 0 Å². The lowest BCUT2D eigenvalue weighted by Crippen LogP contribution is -2.11. The summed E-state index contributed by atoms with van der Waals surface area (Å²) in [5.74, 6) is 0.349. The molecule has 2 aromatic rings. The molecule has 0 spiro atoms. The highest BCUT2D eigenvalue weighted by Gasteiger charge is 2.13. The van der Waals surface area contributed by atoms with Crippen LogP contribution in [0.3, 0.4) is 0 Å². The van der Waals surface area contributed by atoms with E-state index < -0.39 is 5.82 Å². The summed E-state index contributed by atoms with van der Waals surface area (Å²) in [5.41, 5.74) is 5.89. The Morgan fingerprint density at radius 2 is 2.19 bits per heavy atom. The Bertz CT molecular complexity index is 494. The van der Waals surface area contributed by atoms with Gasteiger partial charge in [-0.3, -0.25) is 4.57 Å². The molecule has 0 aliphatic rings. The van der Waals surface area contributed by atoms with Crippen LogP contribution in [0.4, 0.5) is 4.39 Å². The lowest BCUT2D eigenvalue weighted by Gasteiger charge is -2.07. The van der Waals surface area contributed by atoms with Gasteiger partial charge in [-0.1, -0.05) is 6.92 Å². The standard InChI is InChI=1S/C10H12FN5/c1-2-7-9(11)10(15-6-14-7)16-4-3-13-8(16)5-12/h3-4,6H,2,5,12H2,1H3. The molecule has 6 heteroatoms. The van der Waals surface area contributed by atoms with Crippen molar-refractivity contribution in [2.75, 3.05) is 0 Å². The molecule has 0 saturated carbocycles. The van der Waals surface area contributed by atoms with Crippen LogP contribution in [0.25, 0.3) is 5.82 Å². The van der Waals surface area contributed by atoms with Gasteiger partial charge in [-0.25, -0.2) is 19.3 Å². The van der Waals surface area contributed by atoms with Crippen molar-refractivity contribution in [2.24, 2.45) is 5.73 Å². The predicted molar refractivity (Wildman–Crippen MR) is 56.4 cm³/mol. The van der Waals surface area contributed by atoms with Crippen LogP contribution < -0.4 is 5.73 Å². The summed E-state index contributed by atoms with van der Waals surface area (Å²) in [6, 6.07) is 0. The Morgan fingerprint density at radius 1 is 1.38 bits per heavy atom. The maximum Gasteiger partial charge on any atom is 0.187 e. The Hall–Kier alpha value is -1.82. The molecule has 2 heterocycles. The molecule has 16 heavy (non-hydrogen) atoms. The smallest absolute Gasteiger partial charge is 0.187 e. The lowest BCUT2D eigenvalue weighted by atomic mass is 10.3. The van der Waals surface area contributed by atoms with E-state index in [-0.39, 0.29) is 12.4 Å². The lowest BCUT2D eigenvalue weighted by molar-refractivity contribution is 0.579. The highest BCUT2D eigenvalue weighted by atomic mass is 19.1. The Labute approximate surface area is 92.2 Å². The Balaban J connectivity index is 2.56. The molecule has 0 atom stereocenters. The van der Waals surface area contributed by atoms with Gasteiger partial charge < -0.3 is 5.73 Å². The van der Waals surface area contributed by atoms with Crippen molar-refractivity contribution in [1.82, 2.24) is 19.5 Å². The van der Waals surface area contributed by atoms with E-state index in [1.165, 1.54) is 10.9 Å². The van der Waals surface area contributed by atoms with E-state index in [2.05, 4.69) is 15.0 Å². The zero-order chi connectivity index (χ0) is 11.5. The normalized spacial score (nSPS) is 10.7. The molecule has 0 aliphatic heterocycles. The first-order valence-corrected chi connectivity index (χ1v) is 5.00. The van der Waals surface area contributed by atoms with Gasteiger partial charge in [0.1, 0.15) is 12.2 Å². The minimum absolute atomic E-state index is 0.199. The van der Waals surface area contributed by atoms with Gasteiger partial charge in [0.05, 0.1) is 12.2 Å². The summed E-state index contributed by atoms with van der Waals surface area (Å²) in [6.45, 7) is 2.07. The summed E-state index contributed by atoms with van der Waals surface area (Å²) < 4.78 is 15.5. The first-order chi connectivity index (χ1) is 7.77. The molecule has 2 N–H and O–H groups in total. The predicted octanol–water partition coefficient (Wildman–Crippen LogP) is 0.823.